The van der Waals surface area contributed by atoms with Gasteiger partial charge >= 0.3 is 5.97 Å². The van der Waals surface area contributed by atoms with Gasteiger partial charge in [-0.3, -0.25) is 34.3 Å². The third-order valence-electron chi connectivity index (χ3n) is 8.92. The second-order valence-corrected chi connectivity index (χ2v) is 13.4. The van der Waals surface area contributed by atoms with Gasteiger partial charge in [-0.1, -0.05) is 0 Å². The highest BCUT2D eigenvalue weighted by Crippen LogP contribution is 2.31. The predicted molar refractivity (Wildman–Crippen MR) is 175 cm³/mol. The minimum absolute atomic E-state index is 0.0472. The summed E-state index contributed by atoms with van der Waals surface area (Å²) in [4.78, 5) is 81.2. The maximum atomic E-state index is 13.3. The normalized spacial score (nSPS) is 20.7. The van der Waals surface area contributed by atoms with Crippen molar-refractivity contribution in [2.24, 2.45) is 0 Å². The topological polar surface area (TPSA) is 158 Å². The molecule has 3 saturated heterocycles. The molecule has 0 saturated carbocycles. The fourth-order valence-corrected chi connectivity index (χ4v) is 6.45. The monoisotopic (exact) mass is 662 g/mol. The van der Waals surface area contributed by atoms with Crippen LogP contribution in [-0.2, 0) is 23.9 Å². The van der Waals surface area contributed by atoms with E-state index in [1.165, 1.54) is 0 Å². The minimum atomic E-state index is -0.986. The lowest BCUT2D eigenvalue weighted by Crippen LogP contribution is -2.54. The van der Waals surface area contributed by atoms with Crippen molar-refractivity contribution in [3.63, 3.8) is 0 Å². The number of esters is 1. The molecule has 0 radical (unpaired) electrons. The molecule has 4 aliphatic rings. The highest BCUT2D eigenvalue weighted by Gasteiger charge is 2.44. The van der Waals surface area contributed by atoms with E-state index in [9.17, 15) is 24.0 Å². The van der Waals surface area contributed by atoms with Crippen LogP contribution in [-0.4, -0.2) is 133 Å². The lowest BCUT2D eigenvalue weighted by atomic mass is 10.0. The third kappa shape index (κ3) is 7.41. The van der Waals surface area contributed by atoms with E-state index < -0.39 is 35.3 Å². The van der Waals surface area contributed by atoms with Gasteiger partial charge in [0, 0.05) is 77.1 Å². The molecule has 3 fully saturated rings. The van der Waals surface area contributed by atoms with Gasteiger partial charge in [-0.2, -0.15) is 0 Å². The third-order valence-corrected chi connectivity index (χ3v) is 8.92. The van der Waals surface area contributed by atoms with Gasteiger partial charge in [0.1, 0.15) is 36.2 Å². The Bertz CT molecular complexity index is 1580. The number of piperidine rings is 1. The molecule has 256 valence electrons. The molecule has 4 aliphatic heterocycles. The van der Waals surface area contributed by atoms with Crippen molar-refractivity contribution in [3.8, 4) is 0 Å². The van der Waals surface area contributed by atoms with Gasteiger partial charge in [0.25, 0.3) is 11.8 Å². The van der Waals surface area contributed by atoms with Gasteiger partial charge in [-0.25, -0.2) is 14.8 Å². The van der Waals surface area contributed by atoms with Gasteiger partial charge < -0.3 is 24.2 Å². The Labute approximate surface area is 279 Å². The number of nitrogens with zero attached hydrogens (tertiary/aromatic N) is 7. The van der Waals surface area contributed by atoms with Crippen LogP contribution in [0.1, 0.15) is 54.3 Å². The van der Waals surface area contributed by atoms with E-state index in [1.54, 1.807) is 18.5 Å². The minimum Gasteiger partial charge on any atom is -0.458 e. The molecular weight excluding hydrogens is 620 g/mol. The number of carbonyl (C=O) groups excluding carboxylic acids is 5. The summed E-state index contributed by atoms with van der Waals surface area (Å²) in [6.07, 6.45) is 1.81. The van der Waals surface area contributed by atoms with Crippen LogP contribution in [0.3, 0.4) is 0 Å². The first kappa shape index (κ1) is 33.3. The Balaban J connectivity index is 0.984. The molecule has 6 rings (SSSR count). The smallest absolute Gasteiger partial charge is 0.332 e. The second kappa shape index (κ2) is 13.8. The second-order valence-electron chi connectivity index (χ2n) is 13.4. The maximum Gasteiger partial charge on any atom is 0.332 e. The summed E-state index contributed by atoms with van der Waals surface area (Å²) in [6, 6.07) is 6.26. The van der Waals surface area contributed by atoms with E-state index in [4.69, 9.17) is 9.47 Å². The fraction of sp³-hybridized carbons (Fsp3) is 0.545. The van der Waals surface area contributed by atoms with E-state index >= 15 is 0 Å². The number of carbonyl (C=O) groups is 5. The maximum absolute atomic E-state index is 13.3. The van der Waals surface area contributed by atoms with Gasteiger partial charge in [0.05, 0.1) is 17.7 Å². The molecule has 0 spiro atoms. The van der Waals surface area contributed by atoms with Crippen LogP contribution in [0.2, 0.25) is 0 Å². The molecule has 1 aromatic carbocycles. The van der Waals surface area contributed by atoms with Gasteiger partial charge in [-0.05, 0) is 45.4 Å². The SMILES string of the molecule is CC(C)(C)OC(=O)COCCN1CCN(c2cc(N3CCN(c4ccc5c(c4)C(=O)N([C@H]4CCC(=O)NC4=O)C5=O)CC3)ncn2)CC1. The number of aromatic nitrogens is 2. The highest BCUT2D eigenvalue weighted by atomic mass is 16.6. The molecule has 5 heterocycles. The van der Waals surface area contributed by atoms with Gasteiger partial charge in [0.15, 0.2) is 0 Å². The quantitative estimate of drug-likeness (QED) is 0.227. The van der Waals surface area contributed by atoms with Crippen molar-refractivity contribution in [1.82, 2.24) is 25.1 Å². The van der Waals surface area contributed by atoms with Crippen LogP contribution in [0.25, 0.3) is 0 Å². The summed E-state index contributed by atoms with van der Waals surface area (Å²) < 4.78 is 10.8. The predicted octanol–water partition coefficient (Wildman–Crippen LogP) is 0.685. The molecule has 15 heteroatoms. The van der Waals surface area contributed by atoms with Crippen LogP contribution in [0, 0.1) is 0 Å². The number of ether oxygens (including phenoxy) is 2. The standard InChI is InChI=1S/C33H42N8O7/c1-33(2,3)48-29(43)20-47-17-16-37-8-10-39(11-9-37)26-19-27(35-21-34-26)40-14-12-38(13-15-40)22-4-5-23-24(18-22)32(46)41(31(23)45)25-6-7-28(42)36-30(25)44/h4-5,18-19,21,25H,6-17,20H2,1-3H3,(H,36,42,44)/t25-/m0/s1. The number of rotatable bonds is 9. The molecule has 4 amide bonds. The summed E-state index contributed by atoms with van der Waals surface area (Å²) in [5, 5.41) is 2.23. The number of amides is 4. The van der Waals surface area contributed by atoms with E-state index in [1.807, 2.05) is 32.9 Å². The number of hydrogen-bond donors (Lipinski definition) is 1. The molecule has 48 heavy (non-hydrogen) atoms. The average molecular weight is 663 g/mol. The Hall–Kier alpha value is -4.63. The first-order valence-electron chi connectivity index (χ1n) is 16.4. The van der Waals surface area contributed by atoms with Crippen molar-refractivity contribution in [1.29, 1.82) is 0 Å². The average Bonchev–Trinajstić information content (AvgIpc) is 3.31. The largest absolute Gasteiger partial charge is 0.458 e. The number of piperazine rings is 2. The Morgan fingerprint density at radius 2 is 1.48 bits per heavy atom. The van der Waals surface area contributed by atoms with Crippen LogP contribution in [0.5, 0.6) is 0 Å². The Kier molecular flexibility index (Phi) is 9.60. The van der Waals surface area contributed by atoms with Crippen LogP contribution in [0.15, 0.2) is 30.6 Å². The van der Waals surface area contributed by atoms with Gasteiger partial charge in [-0.15, -0.1) is 0 Å². The zero-order chi connectivity index (χ0) is 34.0. The summed E-state index contributed by atoms with van der Waals surface area (Å²) in [5.74, 6) is -0.658. The summed E-state index contributed by atoms with van der Waals surface area (Å²) >= 11 is 0. The van der Waals surface area contributed by atoms with Crippen molar-refractivity contribution in [2.45, 2.75) is 45.3 Å². The molecule has 1 N–H and O–H groups in total. The van der Waals surface area contributed by atoms with E-state index in [-0.39, 0.29) is 36.5 Å². The zero-order valence-electron chi connectivity index (χ0n) is 27.6. The fourth-order valence-electron chi connectivity index (χ4n) is 6.45. The molecule has 0 aliphatic carbocycles. The number of fused-ring (bicyclic) bond motifs is 1. The summed E-state index contributed by atoms with van der Waals surface area (Å²) in [7, 11) is 0. The van der Waals surface area contributed by atoms with E-state index in [0.29, 0.717) is 32.8 Å². The van der Waals surface area contributed by atoms with Crippen LogP contribution >= 0.6 is 0 Å². The van der Waals surface area contributed by atoms with E-state index in [2.05, 4.69) is 34.9 Å². The summed E-state index contributed by atoms with van der Waals surface area (Å²) in [5.41, 5.74) is 0.857. The van der Waals surface area contributed by atoms with Crippen molar-refractivity contribution in [2.75, 3.05) is 86.8 Å². The molecule has 1 aromatic heterocycles. The molecule has 15 nitrogen and oxygen atoms in total. The lowest BCUT2D eigenvalue weighted by molar-refractivity contribution is -0.160. The first-order chi connectivity index (χ1) is 23.0. The molecule has 2 aromatic rings. The first-order valence-corrected chi connectivity index (χ1v) is 16.4. The van der Waals surface area contributed by atoms with Crippen molar-refractivity contribution >= 4 is 46.9 Å². The Morgan fingerprint density at radius 1 is 0.854 bits per heavy atom. The van der Waals surface area contributed by atoms with Crippen LogP contribution in [0.4, 0.5) is 17.3 Å². The number of nitrogens with one attached hydrogen (secondary N) is 1. The number of anilines is 3. The Morgan fingerprint density at radius 3 is 2.12 bits per heavy atom. The number of hydrogen-bond acceptors (Lipinski definition) is 13. The molecular formula is C33H42N8O7. The molecule has 0 bridgehead atoms. The zero-order valence-corrected chi connectivity index (χ0v) is 27.6. The highest BCUT2D eigenvalue weighted by molar-refractivity contribution is 6.23. The van der Waals surface area contributed by atoms with Crippen molar-refractivity contribution < 1.29 is 33.4 Å². The number of benzene rings is 1. The van der Waals surface area contributed by atoms with Gasteiger partial charge in [0.2, 0.25) is 11.8 Å². The lowest BCUT2D eigenvalue weighted by Gasteiger charge is -2.38. The number of imide groups is 2. The summed E-state index contributed by atoms with van der Waals surface area (Å²) in [6.45, 7) is 12.8. The van der Waals surface area contributed by atoms with Crippen molar-refractivity contribution in [3.05, 3.63) is 41.7 Å². The molecule has 0 unspecified atom stereocenters. The van der Waals surface area contributed by atoms with E-state index in [0.717, 1.165) is 54.9 Å². The molecule has 1 atom stereocenters. The van der Waals surface area contributed by atoms with Crippen LogP contribution < -0.4 is 20.0 Å².